The molecule has 33 heavy (non-hydrogen) atoms. The molecule has 0 bridgehead atoms. The smallest absolute Gasteiger partial charge is 0.251 e. The summed E-state index contributed by atoms with van der Waals surface area (Å²) in [5.41, 5.74) is 4.83. The third-order valence-electron chi connectivity index (χ3n) is 6.23. The van der Waals surface area contributed by atoms with Crippen LogP contribution in [-0.4, -0.2) is 29.1 Å². The number of amides is 1. The second kappa shape index (κ2) is 11.1. The lowest BCUT2D eigenvalue weighted by molar-refractivity contribution is 0.0951. The number of nitrogens with one attached hydrogen (secondary N) is 1. The molecule has 1 aliphatic rings. The number of nitrogens with zero attached hydrogens (tertiary/aromatic N) is 2. The van der Waals surface area contributed by atoms with Crippen LogP contribution in [0.15, 0.2) is 53.1 Å². The van der Waals surface area contributed by atoms with E-state index in [2.05, 4.69) is 39.6 Å². The molecule has 2 aromatic carbocycles. The molecule has 0 atom stereocenters. The molecule has 0 radical (unpaired) electrons. The molecule has 2 heterocycles. The van der Waals surface area contributed by atoms with Crippen molar-refractivity contribution in [2.75, 3.05) is 13.1 Å². The minimum absolute atomic E-state index is 0.0924. The van der Waals surface area contributed by atoms with Gasteiger partial charge in [-0.05, 0) is 75.2 Å². The first-order valence-electron chi connectivity index (χ1n) is 11.8. The second-order valence-corrected chi connectivity index (χ2v) is 8.81. The van der Waals surface area contributed by atoms with E-state index in [0.29, 0.717) is 24.5 Å². The van der Waals surface area contributed by atoms with E-state index >= 15 is 0 Å². The highest BCUT2D eigenvalue weighted by molar-refractivity contribution is 5.94. The Balaban J connectivity index is 1.28. The number of carbonyl (C=O) groups is 1. The van der Waals surface area contributed by atoms with Crippen LogP contribution in [0.2, 0.25) is 0 Å². The maximum atomic E-state index is 12.6. The second-order valence-electron chi connectivity index (χ2n) is 8.81. The van der Waals surface area contributed by atoms with E-state index in [1.54, 1.807) is 12.1 Å². The fraction of sp³-hybridized carbons (Fsp3) is 0.407. The number of rotatable bonds is 8. The van der Waals surface area contributed by atoms with Crippen LogP contribution in [-0.2, 0) is 19.7 Å². The standard InChI is InChI=1S/C27H33N3O3/c1-20-26(21(2)33-29-20)19-32-25-12-10-24(11-13-25)27(31)28-17-22-8-7-9-23(16-22)18-30-14-5-3-4-6-15-30/h7-13,16H,3-6,14-15,17-19H2,1-2H3,(H,28,31). The Morgan fingerprint density at radius 1 is 1.03 bits per heavy atom. The van der Waals surface area contributed by atoms with Crippen molar-refractivity contribution in [3.05, 3.63) is 82.2 Å². The van der Waals surface area contributed by atoms with E-state index < -0.39 is 0 Å². The highest BCUT2D eigenvalue weighted by Gasteiger charge is 2.12. The van der Waals surface area contributed by atoms with Crippen LogP contribution in [0.4, 0.5) is 0 Å². The van der Waals surface area contributed by atoms with Crippen molar-refractivity contribution in [3.63, 3.8) is 0 Å². The van der Waals surface area contributed by atoms with Gasteiger partial charge in [-0.3, -0.25) is 9.69 Å². The Morgan fingerprint density at radius 2 is 1.76 bits per heavy atom. The van der Waals surface area contributed by atoms with Gasteiger partial charge < -0.3 is 14.6 Å². The van der Waals surface area contributed by atoms with Crippen molar-refractivity contribution in [2.24, 2.45) is 0 Å². The van der Waals surface area contributed by atoms with Crippen LogP contribution in [0.3, 0.4) is 0 Å². The van der Waals surface area contributed by atoms with Gasteiger partial charge in [0.05, 0.1) is 11.3 Å². The quantitative estimate of drug-likeness (QED) is 0.516. The summed E-state index contributed by atoms with van der Waals surface area (Å²) >= 11 is 0. The molecule has 1 N–H and O–H groups in total. The average Bonchev–Trinajstić information content (AvgIpc) is 3.00. The number of aromatic nitrogens is 1. The number of carbonyl (C=O) groups excluding carboxylic acids is 1. The van der Waals surface area contributed by atoms with E-state index in [0.717, 1.165) is 29.1 Å². The predicted octanol–water partition coefficient (Wildman–Crippen LogP) is 5.18. The van der Waals surface area contributed by atoms with Crippen LogP contribution >= 0.6 is 0 Å². The summed E-state index contributed by atoms with van der Waals surface area (Å²) in [6, 6.07) is 15.7. The van der Waals surface area contributed by atoms with Gasteiger partial charge in [0.2, 0.25) is 0 Å². The predicted molar refractivity (Wildman–Crippen MR) is 128 cm³/mol. The molecule has 4 rings (SSSR count). The highest BCUT2D eigenvalue weighted by atomic mass is 16.5. The van der Waals surface area contributed by atoms with E-state index in [1.807, 2.05) is 26.0 Å². The van der Waals surface area contributed by atoms with Crippen LogP contribution in [0.5, 0.6) is 5.75 Å². The molecule has 1 aromatic heterocycles. The number of benzene rings is 2. The Bertz CT molecular complexity index is 1030. The van der Waals surface area contributed by atoms with Crippen LogP contribution in [0.1, 0.15) is 64.2 Å². The maximum Gasteiger partial charge on any atom is 0.251 e. The third-order valence-corrected chi connectivity index (χ3v) is 6.23. The average molecular weight is 448 g/mol. The molecule has 1 aliphatic heterocycles. The molecule has 0 saturated carbocycles. The molecule has 1 saturated heterocycles. The summed E-state index contributed by atoms with van der Waals surface area (Å²) in [6.07, 6.45) is 5.27. The topological polar surface area (TPSA) is 67.6 Å². The third kappa shape index (κ3) is 6.45. The number of likely N-dealkylation sites (tertiary alicyclic amines) is 1. The van der Waals surface area contributed by atoms with E-state index in [9.17, 15) is 4.79 Å². The Hall–Kier alpha value is -3.12. The molecule has 6 heteroatoms. The summed E-state index contributed by atoms with van der Waals surface area (Å²) < 4.78 is 11.0. The SMILES string of the molecule is Cc1noc(C)c1COc1ccc(C(=O)NCc2cccc(CN3CCCCCC3)c2)cc1. The normalized spacial score (nSPS) is 14.6. The molecule has 0 aliphatic carbocycles. The number of hydrogen-bond donors (Lipinski definition) is 1. The molecule has 1 amide bonds. The molecular formula is C27H33N3O3. The zero-order valence-electron chi connectivity index (χ0n) is 19.6. The molecular weight excluding hydrogens is 414 g/mol. The summed E-state index contributed by atoms with van der Waals surface area (Å²) in [5, 5.41) is 6.97. The first kappa shape index (κ1) is 23.1. The summed E-state index contributed by atoms with van der Waals surface area (Å²) in [6.45, 7) is 8.01. The molecule has 0 unspecified atom stereocenters. The van der Waals surface area contributed by atoms with Gasteiger partial charge in [-0.2, -0.15) is 0 Å². The van der Waals surface area contributed by atoms with Gasteiger partial charge in [-0.25, -0.2) is 0 Å². The van der Waals surface area contributed by atoms with Crippen molar-refractivity contribution >= 4 is 5.91 Å². The van der Waals surface area contributed by atoms with Gasteiger partial charge in [-0.1, -0.05) is 42.3 Å². The first-order chi connectivity index (χ1) is 16.1. The van der Waals surface area contributed by atoms with Crippen LogP contribution < -0.4 is 10.1 Å². The van der Waals surface area contributed by atoms with Gasteiger partial charge >= 0.3 is 0 Å². The lowest BCUT2D eigenvalue weighted by Crippen LogP contribution is -2.24. The van der Waals surface area contributed by atoms with Crippen molar-refractivity contribution in [1.82, 2.24) is 15.4 Å². The maximum absolute atomic E-state index is 12.6. The van der Waals surface area contributed by atoms with Crippen molar-refractivity contribution in [2.45, 2.75) is 59.2 Å². The van der Waals surface area contributed by atoms with Gasteiger partial charge in [0.1, 0.15) is 18.1 Å². The molecule has 1 fully saturated rings. The van der Waals surface area contributed by atoms with Crippen LogP contribution in [0.25, 0.3) is 0 Å². The monoisotopic (exact) mass is 447 g/mol. The number of aryl methyl sites for hydroxylation is 2. The zero-order valence-corrected chi connectivity index (χ0v) is 19.6. The van der Waals surface area contributed by atoms with E-state index in [-0.39, 0.29) is 5.91 Å². The Morgan fingerprint density at radius 3 is 2.45 bits per heavy atom. The van der Waals surface area contributed by atoms with Crippen molar-refractivity contribution in [3.8, 4) is 5.75 Å². The Labute approximate surface area is 195 Å². The summed E-state index contributed by atoms with van der Waals surface area (Å²) in [7, 11) is 0. The van der Waals surface area contributed by atoms with E-state index in [1.165, 1.54) is 44.3 Å². The fourth-order valence-electron chi connectivity index (χ4n) is 4.24. The largest absolute Gasteiger partial charge is 0.489 e. The molecule has 6 nitrogen and oxygen atoms in total. The lowest BCUT2D eigenvalue weighted by Gasteiger charge is -2.20. The Kier molecular flexibility index (Phi) is 7.79. The van der Waals surface area contributed by atoms with Crippen LogP contribution in [0, 0.1) is 13.8 Å². The summed E-state index contributed by atoms with van der Waals surface area (Å²) in [4.78, 5) is 15.2. The highest BCUT2D eigenvalue weighted by Crippen LogP contribution is 2.18. The summed E-state index contributed by atoms with van der Waals surface area (Å²) in [5.74, 6) is 1.37. The zero-order chi connectivity index (χ0) is 23.0. The van der Waals surface area contributed by atoms with Gasteiger partial charge in [0.25, 0.3) is 5.91 Å². The fourth-order valence-corrected chi connectivity index (χ4v) is 4.24. The number of ether oxygens (including phenoxy) is 1. The lowest BCUT2D eigenvalue weighted by atomic mass is 10.1. The van der Waals surface area contributed by atoms with Crippen molar-refractivity contribution in [1.29, 1.82) is 0 Å². The first-order valence-corrected chi connectivity index (χ1v) is 11.8. The number of hydrogen-bond acceptors (Lipinski definition) is 5. The minimum Gasteiger partial charge on any atom is -0.489 e. The van der Waals surface area contributed by atoms with Gasteiger partial charge in [0.15, 0.2) is 0 Å². The van der Waals surface area contributed by atoms with Gasteiger partial charge in [-0.15, -0.1) is 0 Å². The van der Waals surface area contributed by atoms with Gasteiger partial charge in [0, 0.05) is 18.7 Å². The van der Waals surface area contributed by atoms with Crippen molar-refractivity contribution < 1.29 is 14.1 Å². The van der Waals surface area contributed by atoms with E-state index in [4.69, 9.17) is 9.26 Å². The molecule has 174 valence electrons. The molecule has 3 aromatic rings. The molecule has 0 spiro atoms. The minimum atomic E-state index is -0.0924.